The van der Waals surface area contributed by atoms with Gasteiger partial charge in [-0.25, -0.2) is 15.1 Å². The lowest BCUT2D eigenvalue weighted by Gasteiger charge is -2.19. The second-order valence-electron chi connectivity index (χ2n) is 9.10. The van der Waals surface area contributed by atoms with Crippen LogP contribution in [0.3, 0.4) is 0 Å². The van der Waals surface area contributed by atoms with Gasteiger partial charge in [0.25, 0.3) is 5.91 Å². The number of nitrogens with one attached hydrogen (secondary N) is 2. The zero-order valence-corrected chi connectivity index (χ0v) is 18.1. The van der Waals surface area contributed by atoms with Crippen LogP contribution in [0.15, 0.2) is 48.5 Å². The first-order valence-electron chi connectivity index (χ1n) is 11.3. The average molecular weight is 450 g/mol. The molecule has 0 radical (unpaired) electrons. The molecule has 8 nitrogen and oxygen atoms in total. The Morgan fingerprint density at radius 2 is 1.61 bits per heavy atom. The third-order valence-electron chi connectivity index (χ3n) is 6.82. The molecule has 3 N–H and O–H groups in total. The molecule has 1 atom stereocenters. The highest BCUT2D eigenvalue weighted by Gasteiger charge is 2.51. The molecule has 8 heteroatoms. The summed E-state index contributed by atoms with van der Waals surface area (Å²) in [6.45, 7) is 0.309. The van der Waals surface area contributed by atoms with E-state index in [0.29, 0.717) is 12.8 Å². The van der Waals surface area contributed by atoms with Gasteiger partial charge in [0.1, 0.15) is 6.61 Å². The van der Waals surface area contributed by atoms with Crippen LogP contribution in [-0.4, -0.2) is 42.3 Å². The van der Waals surface area contributed by atoms with Gasteiger partial charge >= 0.3 is 12.1 Å². The Labute approximate surface area is 191 Å². The molecule has 0 spiro atoms. The topological polar surface area (TPSA) is 114 Å². The van der Waals surface area contributed by atoms with E-state index in [2.05, 4.69) is 35.1 Å². The van der Waals surface area contributed by atoms with Crippen LogP contribution in [0.5, 0.6) is 0 Å². The van der Waals surface area contributed by atoms with Gasteiger partial charge in [-0.15, -0.1) is 0 Å². The van der Waals surface area contributed by atoms with Crippen LogP contribution in [0.4, 0.5) is 4.79 Å². The van der Waals surface area contributed by atoms with Crippen molar-refractivity contribution in [3.05, 3.63) is 59.7 Å². The van der Waals surface area contributed by atoms with Crippen molar-refractivity contribution in [2.45, 2.75) is 37.7 Å². The minimum Gasteiger partial charge on any atom is -0.479 e. The number of carbonyl (C=O) groups is 3. The molecule has 2 aromatic rings. The van der Waals surface area contributed by atoms with Crippen LogP contribution >= 0.6 is 0 Å². The van der Waals surface area contributed by atoms with Crippen molar-refractivity contribution in [2.75, 3.05) is 13.2 Å². The number of hydroxylamine groups is 1. The summed E-state index contributed by atoms with van der Waals surface area (Å²) in [7, 11) is 0. The zero-order valence-electron chi connectivity index (χ0n) is 18.1. The molecule has 1 unspecified atom stereocenters. The van der Waals surface area contributed by atoms with Gasteiger partial charge in [0.15, 0.2) is 6.10 Å². The third kappa shape index (κ3) is 4.30. The molecule has 2 saturated carbocycles. The fourth-order valence-corrected chi connectivity index (χ4v) is 4.50. The molecule has 2 amide bonds. The zero-order chi connectivity index (χ0) is 23.0. The molecule has 3 aliphatic carbocycles. The van der Waals surface area contributed by atoms with Crippen LogP contribution in [0.25, 0.3) is 11.1 Å². The molecule has 3 aliphatic rings. The monoisotopic (exact) mass is 450 g/mol. The first-order chi connectivity index (χ1) is 16.0. The SMILES string of the molecule is O=C(NCC1(C(=O)NOC(C(=O)O)C2CC2)CC1)OCC1c2ccccc2-c2ccccc21. The Balaban J connectivity index is 1.13. The van der Waals surface area contributed by atoms with E-state index in [9.17, 15) is 19.5 Å². The van der Waals surface area contributed by atoms with Gasteiger partial charge in [0.05, 0.1) is 5.41 Å². The predicted octanol–water partition coefficient (Wildman–Crippen LogP) is 3.22. The number of ether oxygens (including phenoxy) is 1. The number of benzene rings is 2. The van der Waals surface area contributed by atoms with Crippen molar-refractivity contribution in [3.63, 3.8) is 0 Å². The van der Waals surface area contributed by atoms with Crippen LogP contribution in [0.1, 0.15) is 42.7 Å². The molecule has 0 aliphatic heterocycles. The minimum absolute atomic E-state index is 0.0369. The maximum atomic E-state index is 12.5. The Morgan fingerprint density at radius 1 is 1.00 bits per heavy atom. The molecule has 33 heavy (non-hydrogen) atoms. The van der Waals surface area contributed by atoms with E-state index < -0.39 is 29.5 Å². The van der Waals surface area contributed by atoms with Crippen molar-refractivity contribution in [2.24, 2.45) is 11.3 Å². The highest BCUT2D eigenvalue weighted by atomic mass is 16.7. The van der Waals surface area contributed by atoms with E-state index in [1.54, 1.807) is 0 Å². The number of fused-ring (bicyclic) bond motifs is 3. The van der Waals surface area contributed by atoms with Crippen LogP contribution in [-0.2, 0) is 19.2 Å². The Kier molecular flexibility index (Phi) is 5.54. The lowest BCUT2D eigenvalue weighted by Crippen LogP contribution is -2.43. The first-order valence-corrected chi connectivity index (χ1v) is 11.3. The van der Waals surface area contributed by atoms with Crippen LogP contribution < -0.4 is 10.8 Å². The highest BCUT2D eigenvalue weighted by Crippen LogP contribution is 2.46. The van der Waals surface area contributed by atoms with Crippen LogP contribution in [0, 0.1) is 11.3 Å². The summed E-state index contributed by atoms with van der Waals surface area (Å²) in [6.07, 6.45) is 1.13. The maximum absolute atomic E-state index is 12.5. The van der Waals surface area contributed by atoms with Crippen molar-refractivity contribution < 1.29 is 29.1 Å². The Hall–Kier alpha value is -3.39. The van der Waals surface area contributed by atoms with Crippen molar-refractivity contribution >= 4 is 18.0 Å². The fraction of sp³-hybridized carbons (Fsp3) is 0.400. The van der Waals surface area contributed by atoms with E-state index >= 15 is 0 Å². The summed E-state index contributed by atoms with van der Waals surface area (Å²) in [6, 6.07) is 16.2. The van der Waals surface area contributed by atoms with E-state index in [4.69, 9.17) is 9.57 Å². The number of carbonyl (C=O) groups excluding carboxylic acids is 2. The summed E-state index contributed by atoms with van der Waals surface area (Å²) in [5, 5.41) is 11.9. The van der Waals surface area contributed by atoms with Gasteiger partial charge in [0.2, 0.25) is 0 Å². The summed E-state index contributed by atoms with van der Waals surface area (Å²) in [5.41, 5.74) is 6.09. The second kappa shape index (κ2) is 8.51. The minimum atomic E-state index is -1.08. The summed E-state index contributed by atoms with van der Waals surface area (Å²) >= 11 is 0. The predicted molar refractivity (Wildman–Crippen MR) is 118 cm³/mol. The van der Waals surface area contributed by atoms with Gasteiger partial charge in [-0.2, -0.15) is 0 Å². The van der Waals surface area contributed by atoms with Gasteiger partial charge in [0, 0.05) is 12.5 Å². The molecule has 172 valence electrons. The molecule has 0 aromatic heterocycles. The summed E-state index contributed by atoms with van der Waals surface area (Å²) < 4.78 is 5.52. The number of carboxylic acid groups (broad SMARTS) is 1. The third-order valence-corrected chi connectivity index (χ3v) is 6.82. The first kappa shape index (κ1) is 21.5. The molecule has 2 aromatic carbocycles. The van der Waals surface area contributed by atoms with Gasteiger partial charge in [-0.1, -0.05) is 48.5 Å². The maximum Gasteiger partial charge on any atom is 0.407 e. The van der Waals surface area contributed by atoms with Crippen LogP contribution in [0.2, 0.25) is 0 Å². The van der Waals surface area contributed by atoms with E-state index in [1.807, 2.05) is 24.3 Å². The van der Waals surface area contributed by atoms with E-state index in [0.717, 1.165) is 35.1 Å². The number of alkyl carbamates (subject to hydrolysis) is 1. The molecule has 0 heterocycles. The van der Waals surface area contributed by atoms with E-state index in [1.165, 1.54) is 0 Å². The Morgan fingerprint density at radius 3 is 2.15 bits per heavy atom. The van der Waals surface area contributed by atoms with Gasteiger partial charge < -0.3 is 15.2 Å². The smallest absolute Gasteiger partial charge is 0.407 e. The van der Waals surface area contributed by atoms with Crippen molar-refractivity contribution in [1.29, 1.82) is 0 Å². The molecule has 0 saturated heterocycles. The van der Waals surface area contributed by atoms with Gasteiger partial charge in [-0.3, -0.25) is 9.63 Å². The standard InChI is InChI=1S/C25H26N2O6/c28-22(29)21(15-9-10-15)33-27-23(30)25(11-12-25)14-26-24(31)32-13-20-18-7-3-1-5-16(18)17-6-2-4-8-19(17)20/h1-8,15,20-21H,9-14H2,(H,26,31)(H,27,30)(H,28,29). The molecule has 5 rings (SSSR count). The molecule has 2 fully saturated rings. The van der Waals surface area contributed by atoms with Crippen molar-refractivity contribution in [3.8, 4) is 11.1 Å². The molecular formula is C25H26N2O6. The van der Waals surface area contributed by atoms with Crippen molar-refractivity contribution in [1.82, 2.24) is 10.8 Å². The number of aliphatic carboxylic acids is 1. The van der Waals surface area contributed by atoms with E-state index in [-0.39, 0.29) is 25.0 Å². The van der Waals surface area contributed by atoms with Gasteiger partial charge in [-0.05, 0) is 53.9 Å². The lowest BCUT2D eigenvalue weighted by atomic mass is 9.98. The largest absolute Gasteiger partial charge is 0.479 e. The summed E-state index contributed by atoms with van der Waals surface area (Å²) in [5.74, 6) is -1.59. The quantitative estimate of drug-likeness (QED) is 0.506. The number of amides is 2. The highest BCUT2D eigenvalue weighted by molar-refractivity contribution is 5.85. The average Bonchev–Trinajstić information content (AvgIpc) is 3.74. The number of hydrogen-bond donors (Lipinski definition) is 3. The summed E-state index contributed by atoms with van der Waals surface area (Å²) in [4.78, 5) is 41.3. The lowest BCUT2D eigenvalue weighted by molar-refractivity contribution is -0.164. The molecular weight excluding hydrogens is 424 g/mol. The Bertz CT molecular complexity index is 1050. The number of rotatable bonds is 9. The number of carboxylic acids is 1. The normalized spacial score (nSPS) is 18.5. The fourth-order valence-electron chi connectivity index (χ4n) is 4.50. The second-order valence-corrected chi connectivity index (χ2v) is 9.10. The molecule has 0 bridgehead atoms. The number of hydrogen-bond acceptors (Lipinski definition) is 5.